The van der Waals surface area contributed by atoms with Crippen LogP contribution in [0.3, 0.4) is 0 Å². The summed E-state index contributed by atoms with van der Waals surface area (Å²) in [5.74, 6) is -0.324. The number of carbonyl (C=O) groups is 1. The van der Waals surface area contributed by atoms with E-state index in [1.165, 1.54) is 0 Å². The molecule has 0 radical (unpaired) electrons. The molecule has 1 unspecified atom stereocenters. The predicted octanol–water partition coefficient (Wildman–Crippen LogP) is 1.44. The molecule has 0 spiro atoms. The number of rotatable bonds is 3. The standard InChI is InChI=1S/C14H19NO3S/c1-11-5-2-3-6-12(11)9-15-14(16)13-7-4-8-19(17,18)10-13/h2-3,5-6,13H,4,7-10H2,1H3,(H,15,16). The minimum absolute atomic E-state index is 0.00734. The van der Waals surface area contributed by atoms with Gasteiger partial charge in [-0.2, -0.15) is 0 Å². The summed E-state index contributed by atoms with van der Waals surface area (Å²) in [6.45, 7) is 2.45. The molecule has 1 fully saturated rings. The molecule has 0 saturated carbocycles. The summed E-state index contributed by atoms with van der Waals surface area (Å²) in [5.41, 5.74) is 2.19. The summed E-state index contributed by atoms with van der Waals surface area (Å²) in [4.78, 5) is 12.0. The first-order valence-corrected chi connectivity index (χ1v) is 8.33. The maximum absolute atomic E-state index is 12.0. The van der Waals surface area contributed by atoms with Crippen LogP contribution in [0.4, 0.5) is 0 Å². The molecule has 19 heavy (non-hydrogen) atoms. The van der Waals surface area contributed by atoms with Crippen LogP contribution in [0, 0.1) is 12.8 Å². The number of nitrogens with one attached hydrogen (secondary N) is 1. The Morgan fingerprint density at radius 2 is 2.11 bits per heavy atom. The van der Waals surface area contributed by atoms with Gasteiger partial charge in [0.15, 0.2) is 9.84 Å². The van der Waals surface area contributed by atoms with E-state index in [2.05, 4.69) is 5.32 Å². The summed E-state index contributed by atoms with van der Waals surface area (Å²) in [7, 11) is -3.03. The second-order valence-corrected chi connectivity index (χ2v) is 7.33. The Hall–Kier alpha value is -1.36. The van der Waals surface area contributed by atoms with E-state index in [9.17, 15) is 13.2 Å². The third-order valence-corrected chi connectivity index (χ3v) is 5.37. The fourth-order valence-corrected chi connectivity index (χ4v) is 4.07. The van der Waals surface area contributed by atoms with Gasteiger partial charge in [-0.3, -0.25) is 4.79 Å². The lowest BCUT2D eigenvalue weighted by Crippen LogP contribution is -2.37. The number of hydrogen-bond donors (Lipinski definition) is 1. The summed E-state index contributed by atoms with van der Waals surface area (Å²) < 4.78 is 23.0. The largest absolute Gasteiger partial charge is 0.352 e. The highest BCUT2D eigenvalue weighted by Gasteiger charge is 2.29. The van der Waals surface area contributed by atoms with Gasteiger partial charge in [-0.25, -0.2) is 8.42 Å². The van der Waals surface area contributed by atoms with Crippen molar-refractivity contribution in [3.05, 3.63) is 35.4 Å². The molecule has 1 aromatic carbocycles. The van der Waals surface area contributed by atoms with Crippen molar-refractivity contribution in [1.82, 2.24) is 5.32 Å². The molecule has 1 saturated heterocycles. The Morgan fingerprint density at radius 3 is 2.79 bits per heavy atom. The molecule has 4 nitrogen and oxygen atoms in total. The number of sulfone groups is 1. The van der Waals surface area contributed by atoms with Crippen LogP contribution < -0.4 is 5.32 Å². The van der Waals surface area contributed by atoms with E-state index in [0.29, 0.717) is 19.4 Å². The van der Waals surface area contributed by atoms with Crippen molar-refractivity contribution in [1.29, 1.82) is 0 Å². The predicted molar refractivity (Wildman–Crippen MR) is 74.4 cm³/mol. The second-order valence-electron chi connectivity index (χ2n) is 5.10. The van der Waals surface area contributed by atoms with Crippen molar-refractivity contribution >= 4 is 15.7 Å². The van der Waals surface area contributed by atoms with Gasteiger partial charge < -0.3 is 5.32 Å². The molecule has 5 heteroatoms. The van der Waals surface area contributed by atoms with Crippen LogP contribution in [0.2, 0.25) is 0 Å². The highest BCUT2D eigenvalue weighted by Crippen LogP contribution is 2.18. The normalized spacial score (nSPS) is 21.8. The molecular formula is C14H19NO3S. The lowest BCUT2D eigenvalue weighted by Gasteiger charge is -2.21. The van der Waals surface area contributed by atoms with E-state index >= 15 is 0 Å². The zero-order valence-corrected chi connectivity index (χ0v) is 11.9. The summed E-state index contributed by atoms with van der Waals surface area (Å²) in [5, 5.41) is 2.84. The molecule has 2 rings (SSSR count). The molecule has 1 amide bonds. The average Bonchev–Trinajstić information content (AvgIpc) is 2.36. The van der Waals surface area contributed by atoms with E-state index in [-0.39, 0.29) is 23.3 Å². The lowest BCUT2D eigenvalue weighted by atomic mass is 10.0. The molecule has 104 valence electrons. The highest BCUT2D eigenvalue weighted by atomic mass is 32.2. The fraction of sp³-hybridized carbons (Fsp3) is 0.500. The molecule has 1 aromatic rings. The minimum atomic E-state index is -3.03. The lowest BCUT2D eigenvalue weighted by molar-refractivity contribution is -0.124. The Bertz CT molecular complexity index is 566. The molecule has 1 atom stereocenters. The third kappa shape index (κ3) is 3.80. The van der Waals surface area contributed by atoms with Crippen molar-refractivity contribution < 1.29 is 13.2 Å². The van der Waals surface area contributed by atoms with Crippen LogP contribution in [0.15, 0.2) is 24.3 Å². The van der Waals surface area contributed by atoms with E-state index < -0.39 is 9.84 Å². The molecule has 1 heterocycles. The van der Waals surface area contributed by atoms with Gasteiger partial charge in [-0.05, 0) is 30.9 Å². The first kappa shape index (κ1) is 14.1. The van der Waals surface area contributed by atoms with Crippen LogP contribution in [0.1, 0.15) is 24.0 Å². The van der Waals surface area contributed by atoms with Gasteiger partial charge in [0.2, 0.25) is 5.91 Å². The zero-order chi connectivity index (χ0) is 13.9. The van der Waals surface area contributed by atoms with Gasteiger partial charge >= 0.3 is 0 Å². The van der Waals surface area contributed by atoms with Crippen LogP contribution >= 0.6 is 0 Å². The van der Waals surface area contributed by atoms with Crippen molar-refractivity contribution in [2.75, 3.05) is 11.5 Å². The first-order valence-electron chi connectivity index (χ1n) is 6.50. The topological polar surface area (TPSA) is 63.2 Å². The molecule has 0 aromatic heterocycles. The number of benzene rings is 1. The minimum Gasteiger partial charge on any atom is -0.352 e. The third-order valence-electron chi connectivity index (χ3n) is 3.55. The first-order chi connectivity index (χ1) is 8.98. The monoisotopic (exact) mass is 281 g/mol. The second kappa shape index (κ2) is 5.74. The van der Waals surface area contributed by atoms with Crippen LogP contribution in [0.25, 0.3) is 0 Å². The van der Waals surface area contributed by atoms with Crippen LogP contribution in [0.5, 0.6) is 0 Å². The number of carbonyl (C=O) groups excluding carboxylic acids is 1. The van der Waals surface area contributed by atoms with Crippen LogP contribution in [-0.2, 0) is 21.2 Å². The maximum atomic E-state index is 12.0. The van der Waals surface area contributed by atoms with E-state index in [1.54, 1.807) is 0 Å². The molecule has 0 bridgehead atoms. The summed E-state index contributed by atoms with van der Waals surface area (Å²) in [6, 6.07) is 7.84. The van der Waals surface area contributed by atoms with E-state index in [1.807, 2.05) is 31.2 Å². The Kier molecular flexibility index (Phi) is 4.24. The molecule has 0 aliphatic carbocycles. The Labute approximate surface area is 114 Å². The molecule has 1 aliphatic rings. The van der Waals surface area contributed by atoms with Crippen molar-refractivity contribution in [2.24, 2.45) is 5.92 Å². The van der Waals surface area contributed by atoms with Crippen molar-refractivity contribution in [3.63, 3.8) is 0 Å². The van der Waals surface area contributed by atoms with E-state index in [0.717, 1.165) is 11.1 Å². The number of aryl methyl sites for hydroxylation is 1. The SMILES string of the molecule is Cc1ccccc1CNC(=O)C1CCCS(=O)(=O)C1. The molecular weight excluding hydrogens is 262 g/mol. The van der Waals surface area contributed by atoms with Crippen molar-refractivity contribution in [2.45, 2.75) is 26.3 Å². The Balaban J connectivity index is 1.93. The summed E-state index contributed by atoms with van der Waals surface area (Å²) in [6.07, 6.45) is 1.25. The number of hydrogen-bond acceptors (Lipinski definition) is 3. The fourth-order valence-electron chi connectivity index (χ4n) is 2.36. The maximum Gasteiger partial charge on any atom is 0.224 e. The van der Waals surface area contributed by atoms with E-state index in [4.69, 9.17) is 0 Å². The van der Waals surface area contributed by atoms with Gasteiger partial charge in [0.05, 0.1) is 17.4 Å². The molecule has 1 aliphatic heterocycles. The average molecular weight is 281 g/mol. The molecule has 1 N–H and O–H groups in total. The van der Waals surface area contributed by atoms with Gasteiger partial charge in [-0.15, -0.1) is 0 Å². The number of amides is 1. The van der Waals surface area contributed by atoms with Gasteiger partial charge in [0.1, 0.15) is 0 Å². The quantitative estimate of drug-likeness (QED) is 0.911. The van der Waals surface area contributed by atoms with Gasteiger partial charge in [0, 0.05) is 6.54 Å². The smallest absolute Gasteiger partial charge is 0.224 e. The van der Waals surface area contributed by atoms with Gasteiger partial charge in [0.25, 0.3) is 0 Å². The summed E-state index contributed by atoms with van der Waals surface area (Å²) >= 11 is 0. The van der Waals surface area contributed by atoms with Gasteiger partial charge in [-0.1, -0.05) is 24.3 Å². The van der Waals surface area contributed by atoms with Crippen LogP contribution in [-0.4, -0.2) is 25.8 Å². The van der Waals surface area contributed by atoms with Crippen molar-refractivity contribution in [3.8, 4) is 0 Å². The zero-order valence-electron chi connectivity index (χ0n) is 11.1. The Morgan fingerprint density at radius 1 is 1.37 bits per heavy atom. The highest BCUT2D eigenvalue weighted by molar-refractivity contribution is 7.91.